The highest BCUT2D eigenvalue weighted by molar-refractivity contribution is 6.19. The molecule has 0 spiro atoms. The molecule has 1 saturated heterocycles. The van der Waals surface area contributed by atoms with Crippen LogP contribution in [0.4, 0.5) is 0 Å². The van der Waals surface area contributed by atoms with Gasteiger partial charge in [-0.3, -0.25) is 9.59 Å². The summed E-state index contributed by atoms with van der Waals surface area (Å²) in [7, 11) is 1.63. The Balaban J connectivity index is 2.56. The molecule has 1 rings (SSSR count). The van der Waals surface area contributed by atoms with Crippen LogP contribution in [0.1, 0.15) is 19.8 Å². The number of hydrogen-bond acceptors (Lipinski definition) is 2. The van der Waals surface area contributed by atoms with Gasteiger partial charge in [-0.25, -0.2) is 0 Å². The van der Waals surface area contributed by atoms with Gasteiger partial charge < -0.3 is 10.2 Å². The Hall–Kier alpha value is -0.770. The molecule has 1 N–H and O–H groups in total. The molecule has 92 valence electrons. The van der Waals surface area contributed by atoms with Gasteiger partial charge in [0.05, 0.1) is 5.92 Å². The van der Waals surface area contributed by atoms with Crippen LogP contribution in [-0.2, 0) is 9.59 Å². The second-order valence-electron chi connectivity index (χ2n) is 4.29. The van der Waals surface area contributed by atoms with Crippen LogP contribution < -0.4 is 5.32 Å². The molecular weight excluding hydrogens is 228 g/mol. The number of nitrogens with zero attached hydrogens (tertiary/aromatic N) is 1. The summed E-state index contributed by atoms with van der Waals surface area (Å²) in [4.78, 5) is 25.2. The van der Waals surface area contributed by atoms with Crippen molar-refractivity contribution in [2.75, 3.05) is 26.0 Å². The van der Waals surface area contributed by atoms with E-state index in [1.165, 1.54) is 0 Å². The third-order valence-corrected chi connectivity index (χ3v) is 3.47. The Morgan fingerprint density at radius 1 is 1.56 bits per heavy atom. The number of alkyl halides is 1. The Morgan fingerprint density at radius 2 is 2.25 bits per heavy atom. The minimum absolute atomic E-state index is 0.0241. The zero-order valence-corrected chi connectivity index (χ0v) is 10.6. The van der Waals surface area contributed by atoms with Crippen LogP contribution in [0.15, 0.2) is 0 Å². The second kappa shape index (κ2) is 6.09. The first-order valence-electron chi connectivity index (χ1n) is 5.66. The number of hydrogen-bond donors (Lipinski definition) is 1. The maximum absolute atomic E-state index is 11.9. The molecule has 0 aromatic rings. The quantitative estimate of drug-likeness (QED) is 0.751. The SMILES string of the molecule is CNC(=O)C1CCCN(C(=O)C(C)CCl)C1. The molecule has 1 heterocycles. The highest BCUT2D eigenvalue weighted by Gasteiger charge is 2.29. The predicted octanol–water partition coefficient (Wildman–Crippen LogP) is 0.846. The average molecular weight is 247 g/mol. The molecule has 2 amide bonds. The lowest BCUT2D eigenvalue weighted by Crippen LogP contribution is -2.46. The molecule has 2 atom stereocenters. The molecule has 0 radical (unpaired) electrons. The molecule has 0 bridgehead atoms. The van der Waals surface area contributed by atoms with E-state index in [2.05, 4.69) is 5.32 Å². The van der Waals surface area contributed by atoms with Crippen molar-refractivity contribution in [1.29, 1.82) is 0 Å². The predicted molar refractivity (Wildman–Crippen MR) is 63.3 cm³/mol. The fourth-order valence-corrected chi connectivity index (χ4v) is 2.11. The average Bonchev–Trinajstić information content (AvgIpc) is 2.36. The highest BCUT2D eigenvalue weighted by atomic mass is 35.5. The molecule has 0 saturated carbocycles. The molecule has 1 aliphatic heterocycles. The van der Waals surface area contributed by atoms with Crippen molar-refractivity contribution in [2.45, 2.75) is 19.8 Å². The lowest BCUT2D eigenvalue weighted by Gasteiger charge is -2.33. The standard InChI is InChI=1S/C11H19ClN2O2/c1-8(6-12)11(16)14-5-3-4-9(7-14)10(15)13-2/h8-9H,3-7H2,1-2H3,(H,13,15). The van der Waals surface area contributed by atoms with Gasteiger partial charge in [0.25, 0.3) is 0 Å². The first-order valence-corrected chi connectivity index (χ1v) is 6.20. The molecular formula is C11H19ClN2O2. The van der Waals surface area contributed by atoms with Crippen molar-refractivity contribution in [3.63, 3.8) is 0 Å². The van der Waals surface area contributed by atoms with Crippen molar-refractivity contribution in [3.05, 3.63) is 0 Å². The summed E-state index contributed by atoms with van der Waals surface area (Å²) in [5.74, 6) is 0.190. The summed E-state index contributed by atoms with van der Waals surface area (Å²) in [5.41, 5.74) is 0. The van der Waals surface area contributed by atoms with Crippen molar-refractivity contribution in [2.24, 2.45) is 11.8 Å². The molecule has 0 aromatic heterocycles. The zero-order chi connectivity index (χ0) is 12.1. The van der Waals surface area contributed by atoms with E-state index < -0.39 is 0 Å². The van der Waals surface area contributed by atoms with Gasteiger partial charge >= 0.3 is 0 Å². The molecule has 16 heavy (non-hydrogen) atoms. The van der Waals surface area contributed by atoms with Crippen LogP contribution in [0.25, 0.3) is 0 Å². The summed E-state index contributed by atoms with van der Waals surface area (Å²) < 4.78 is 0. The molecule has 0 aliphatic carbocycles. The Bertz CT molecular complexity index is 271. The van der Waals surface area contributed by atoms with Gasteiger partial charge in [0, 0.05) is 31.9 Å². The normalized spacial score (nSPS) is 22.7. The van der Waals surface area contributed by atoms with Gasteiger partial charge in [0.1, 0.15) is 0 Å². The fraction of sp³-hybridized carbons (Fsp3) is 0.818. The summed E-state index contributed by atoms with van der Waals surface area (Å²) in [6, 6.07) is 0. The van der Waals surface area contributed by atoms with Gasteiger partial charge in [-0.1, -0.05) is 6.92 Å². The van der Waals surface area contributed by atoms with Crippen molar-refractivity contribution in [3.8, 4) is 0 Å². The lowest BCUT2D eigenvalue weighted by molar-refractivity contribution is -0.138. The van der Waals surface area contributed by atoms with Gasteiger partial charge in [0.2, 0.25) is 11.8 Å². The van der Waals surface area contributed by atoms with Crippen LogP contribution in [-0.4, -0.2) is 42.7 Å². The Labute approximate surface area is 101 Å². The van der Waals surface area contributed by atoms with Crippen LogP contribution >= 0.6 is 11.6 Å². The number of amides is 2. The smallest absolute Gasteiger partial charge is 0.226 e. The van der Waals surface area contributed by atoms with Gasteiger partial charge in [0.15, 0.2) is 0 Å². The number of piperidine rings is 1. The van der Waals surface area contributed by atoms with E-state index in [1.54, 1.807) is 11.9 Å². The molecule has 4 nitrogen and oxygen atoms in total. The van der Waals surface area contributed by atoms with Crippen LogP contribution in [0.2, 0.25) is 0 Å². The molecule has 5 heteroatoms. The van der Waals surface area contributed by atoms with Crippen molar-refractivity contribution >= 4 is 23.4 Å². The maximum atomic E-state index is 11.9. The van der Waals surface area contributed by atoms with E-state index in [4.69, 9.17) is 11.6 Å². The van der Waals surface area contributed by atoms with E-state index in [1.807, 2.05) is 6.92 Å². The molecule has 0 aromatic carbocycles. The number of halogens is 1. The summed E-state index contributed by atoms with van der Waals surface area (Å²) in [6.07, 6.45) is 1.75. The van der Waals surface area contributed by atoms with Crippen molar-refractivity contribution in [1.82, 2.24) is 10.2 Å². The number of carbonyl (C=O) groups excluding carboxylic acids is 2. The molecule has 2 unspecified atom stereocenters. The number of likely N-dealkylation sites (tertiary alicyclic amines) is 1. The van der Waals surface area contributed by atoms with Gasteiger partial charge in [-0.15, -0.1) is 11.6 Å². The van der Waals surface area contributed by atoms with Crippen LogP contribution in [0.5, 0.6) is 0 Å². The Morgan fingerprint density at radius 3 is 2.81 bits per heavy atom. The number of rotatable bonds is 3. The minimum atomic E-state index is -0.162. The van der Waals surface area contributed by atoms with Crippen molar-refractivity contribution < 1.29 is 9.59 Å². The summed E-state index contributed by atoms with van der Waals surface area (Å²) in [5, 5.41) is 2.63. The molecule has 1 aliphatic rings. The van der Waals surface area contributed by atoms with Gasteiger partial charge in [-0.2, -0.15) is 0 Å². The summed E-state index contributed by atoms with van der Waals surface area (Å²) >= 11 is 5.67. The van der Waals surface area contributed by atoms with E-state index in [0.717, 1.165) is 19.4 Å². The van der Waals surface area contributed by atoms with Crippen LogP contribution in [0, 0.1) is 11.8 Å². The molecule has 1 fully saturated rings. The fourth-order valence-electron chi connectivity index (χ4n) is 1.97. The largest absolute Gasteiger partial charge is 0.359 e. The second-order valence-corrected chi connectivity index (χ2v) is 4.60. The third-order valence-electron chi connectivity index (χ3n) is 3.00. The van der Waals surface area contributed by atoms with E-state index in [0.29, 0.717) is 12.4 Å². The number of nitrogens with one attached hydrogen (secondary N) is 1. The maximum Gasteiger partial charge on any atom is 0.226 e. The zero-order valence-electron chi connectivity index (χ0n) is 9.83. The van der Waals surface area contributed by atoms with E-state index in [9.17, 15) is 9.59 Å². The first-order chi connectivity index (χ1) is 7.60. The summed E-state index contributed by atoms with van der Waals surface area (Å²) in [6.45, 7) is 3.09. The monoisotopic (exact) mass is 246 g/mol. The van der Waals surface area contributed by atoms with E-state index in [-0.39, 0.29) is 23.7 Å². The lowest BCUT2D eigenvalue weighted by atomic mass is 9.96. The van der Waals surface area contributed by atoms with Crippen LogP contribution in [0.3, 0.4) is 0 Å². The minimum Gasteiger partial charge on any atom is -0.359 e. The Kier molecular flexibility index (Phi) is 5.06. The topological polar surface area (TPSA) is 49.4 Å². The number of carbonyl (C=O) groups is 2. The first kappa shape index (κ1) is 13.3. The van der Waals surface area contributed by atoms with E-state index >= 15 is 0 Å². The van der Waals surface area contributed by atoms with Gasteiger partial charge in [-0.05, 0) is 12.8 Å². The third kappa shape index (κ3) is 3.11. The highest BCUT2D eigenvalue weighted by Crippen LogP contribution is 2.18.